The SMILES string of the molecule is O=C(CCCC(=O)OCc1c(F)cc(Br)cc1F)OCc1c(F)cc(Br)cc1F. The van der Waals surface area contributed by atoms with Crippen molar-refractivity contribution in [1.29, 1.82) is 0 Å². The molecule has 156 valence electrons. The Bertz CT molecular complexity index is 802. The first-order valence-electron chi connectivity index (χ1n) is 8.25. The van der Waals surface area contributed by atoms with Gasteiger partial charge in [-0.2, -0.15) is 0 Å². The Morgan fingerprint density at radius 1 is 0.690 bits per heavy atom. The maximum Gasteiger partial charge on any atom is 0.306 e. The molecule has 4 nitrogen and oxygen atoms in total. The molecule has 0 aromatic heterocycles. The Morgan fingerprint density at radius 3 is 1.31 bits per heavy atom. The van der Waals surface area contributed by atoms with Gasteiger partial charge in [0.1, 0.15) is 36.5 Å². The minimum Gasteiger partial charge on any atom is -0.461 e. The van der Waals surface area contributed by atoms with Crippen molar-refractivity contribution in [3.05, 3.63) is 67.6 Å². The highest BCUT2D eigenvalue weighted by Gasteiger charge is 2.15. The Labute approximate surface area is 180 Å². The summed E-state index contributed by atoms with van der Waals surface area (Å²) in [5, 5.41) is 0. The van der Waals surface area contributed by atoms with E-state index in [1.165, 1.54) is 0 Å². The van der Waals surface area contributed by atoms with Crippen LogP contribution in [-0.4, -0.2) is 11.9 Å². The number of carbonyl (C=O) groups excluding carboxylic acids is 2. The van der Waals surface area contributed by atoms with Gasteiger partial charge in [0.05, 0.1) is 11.1 Å². The fourth-order valence-corrected chi connectivity index (χ4v) is 3.05. The van der Waals surface area contributed by atoms with Crippen molar-refractivity contribution in [2.24, 2.45) is 0 Å². The van der Waals surface area contributed by atoms with Crippen molar-refractivity contribution in [2.75, 3.05) is 0 Å². The predicted octanol–water partition coefficient (Wildman–Crippen LogP) is 5.72. The van der Waals surface area contributed by atoms with Crippen molar-refractivity contribution < 1.29 is 36.6 Å². The summed E-state index contributed by atoms with van der Waals surface area (Å²) < 4.78 is 64.6. The lowest BCUT2D eigenvalue weighted by molar-refractivity contribution is -0.147. The normalized spacial score (nSPS) is 10.7. The van der Waals surface area contributed by atoms with Gasteiger partial charge in [0.15, 0.2) is 0 Å². The summed E-state index contributed by atoms with van der Waals surface area (Å²) in [6.07, 6.45) is -0.361. The molecule has 0 aliphatic heterocycles. The zero-order valence-corrected chi connectivity index (χ0v) is 17.9. The summed E-state index contributed by atoms with van der Waals surface area (Å²) in [4.78, 5) is 23.3. The molecule has 0 aliphatic carbocycles. The van der Waals surface area contributed by atoms with Gasteiger partial charge in [-0.3, -0.25) is 9.59 Å². The molecule has 0 bridgehead atoms. The molecule has 0 heterocycles. The molecular weight excluding hydrogens is 528 g/mol. The quantitative estimate of drug-likeness (QED) is 0.316. The second-order valence-electron chi connectivity index (χ2n) is 5.87. The second-order valence-corrected chi connectivity index (χ2v) is 7.70. The van der Waals surface area contributed by atoms with E-state index in [4.69, 9.17) is 9.47 Å². The van der Waals surface area contributed by atoms with Gasteiger partial charge in [-0.05, 0) is 30.7 Å². The Kier molecular flexibility index (Phi) is 8.63. The highest BCUT2D eigenvalue weighted by Crippen LogP contribution is 2.21. The number of hydrogen-bond acceptors (Lipinski definition) is 4. The third kappa shape index (κ3) is 7.11. The maximum absolute atomic E-state index is 13.6. The minimum absolute atomic E-state index is 0.0360. The highest BCUT2D eigenvalue weighted by atomic mass is 79.9. The van der Waals surface area contributed by atoms with E-state index >= 15 is 0 Å². The van der Waals surface area contributed by atoms with Crippen LogP contribution in [0.2, 0.25) is 0 Å². The van der Waals surface area contributed by atoms with Crippen LogP contribution in [0.3, 0.4) is 0 Å². The van der Waals surface area contributed by atoms with Crippen molar-refractivity contribution in [2.45, 2.75) is 32.5 Å². The zero-order valence-electron chi connectivity index (χ0n) is 14.7. The first kappa shape index (κ1) is 23.3. The molecule has 0 saturated heterocycles. The number of esters is 2. The Morgan fingerprint density at radius 2 is 1.00 bits per heavy atom. The van der Waals surface area contributed by atoms with E-state index in [1.807, 2.05) is 0 Å². The van der Waals surface area contributed by atoms with Crippen molar-refractivity contribution in [1.82, 2.24) is 0 Å². The van der Waals surface area contributed by atoms with Gasteiger partial charge in [0.2, 0.25) is 0 Å². The topological polar surface area (TPSA) is 52.6 Å². The molecule has 0 atom stereocenters. The number of hydrogen-bond donors (Lipinski definition) is 0. The van der Waals surface area contributed by atoms with E-state index in [9.17, 15) is 27.2 Å². The maximum atomic E-state index is 13.6. The lowest BCUT2D eigenvalue weighted by atomic mass is 10.2. The van der Waals surface area contributed by atoms with Crippen LogP contribution < -0.4 is 0 Å². The lowest BCUT2D eigenvalue weighted by Gasteiger charge is -2.09. The average Bonchev–Trinajstić information content (AvgIpc) is 2.59. The third-order valence-electron chi connectivity index (χ3n) is 3.73. The average molecular weight is 542 g/mol. The Hall–Kier alpha value is -1.94. The summed E-state index contributed by atoms with van der Waals surface area (Å²) in [7, 11) is 0. The first-order valence-corrected chi connectivity index (χ1v) is 9.84. The second kappa shape index (κ2) is 10.7. The Balaban J connectivity index is 1.73. The van der Waals surface area contributed by atoms with Gasteiger partial charge in [-0.25, -0.2) is 17.6 Å². The van der Waals surface area contributed by atoms with Gasteiger partial charge in [0.25, 0.3) is 0 Å². The number of carbonyl (C=O) groups is 2. The molecule has 0 fully saturated rings. The van der Waals surface area contributed by atoms with Crippen LogP contribution in [0.5, 0.6) is 0 Å². The first-order chi connectivity index (χ1) is 13.7. The van der Waals surface area contributed by atoms with Gasteiger partial charge in [-0.15, -0.1) is 0 Å². The number of halogens is 6. The van der Waals surface area contributed by atoms with Crippen LogP contribution in [-0.2, 0) is 32.3 Å². The van der Waals surface area contributed by atoms with Crippen LogP contribution in [0, 0.1) is 23.3 Å². The number of benzene rings is 2. The van der Waals surface area contributed by atoms with Crippen LogP contribution in [0.4, 0.5) is 17.6 Å². The monoisotopic (exact) mass is 540 g/mol. The summed E-state index contributed by atoms with van der Waals surface area (Å²) in [5.74, 6) is -4.96. The predicted molar refractivity (Wildman–Crippen MR) is 102 cm³/mol. The van der Waals surface area contributed by atoms with Crippen molar-refractivity contribution in [3.63, 3.8) is 0 Å². The largest absolute Gasteiger partial charge is 0.461 e. The van der Waals surface area contributed by atoms with E-state index in [0.29, 0.717) is 0 Å². The smallest absolute Gasteiger partial charge is 0.306 e. The third-order valence-corrected chi connectivity index (χ3v) is 4.64. The molecule has 29 heavy (non-hydrogen) atoms. The molecule has 2 rings (SSSR count). The van der Waals surface area contributed by atoms with Gasteiger partial charge in [0, 0.05) is 21.8 Å². The summed E-state index contributed by atoms with van der Waals surface area (Å²) >= 11 is 5.88. The standard InChI is InChI=1S/C19H14Br2F4O4/c20-10-4-14(22)12(15(23)5-10)8-28-18(26)2-1-3-19(27)29-9-13-16(24)6-11(21)7-17(13)25/h4-7H,1-3,8-9H2. The molecule has 0 N–H and O–H groups in total. The van der Waals surface area contributed by atoms with E-state index in [0.717, 1.165) is 24.3 Å². The van der Waals surface area contributed by atoms with Crippen molar-refractivity contribution >= 4 is 43.8 Å². The molecule has 0 unspecified atom stereocenters. The van der Waals surface area contributed by atoms with E-state index in [2.05, 4.69) is 31.9 Å². The molecule has 0 amide bonds. The highest BCUT2D eigenvalue weighted by molar-refractivity contribution is 9.10. The molecule has 10 heteroatoms. The molecule has 2 aromatic carbocycles. The van der Waals surface area contributed by atoms with Gasteiger partial charge < -0.3 is 9.47 Å². The van der Waals surface area contributed by atoms with Crippen LogP contribution in [0.25, 0.3) is 0 Å². The molecule has 0 spiro atoms. The van der Waals surface area contributed by atoms with Crippen LogP contribution in [0.15, 0.2) is 33.2 Å². The van der Waals surface area contributed by atoms with Crippen LogP contribution in [0.1, 0.15) is 30.4 Å². The van der Waals surface area contributed by atoms with Crippen LogP contribution >= 0.6 is 31.9 Å². The van der Waals surface area contributed by atoms with Crippen molar-refractivity contribution in [3.8, 4) is 0 Å². The van der Waals surface area contributed by atoms with Gasteiger partial charge >= 0.3 is 11.9 Å². The zero-order chi connectivity index (χ0) is 21.6. The molecule has 0 aliphatic rings. The molecular formula is C19H14Br2F4O4. The molecule has 0 saturated carbocycles. The fourth-order valence-electron chi connectivity index (χ4n) is 2.25. The van der Waals surface area contributed by atoms with E-state index < -0.39 is 48.4 Å². The summed E-state index contributed by atoms with van der Waals surface area (Å²) in [6.45, 7) is -1.17. The van der Waals surface area contributed by atoms with Gasteiger partial charge in [-0.1, -0.05) is 31.9 Å². The number of rotatable bonds is 8. The minimum atomic E-state index is -0.861. The summed E-state index contributed by atoms with van der Waals surface area (Å²) in [6, 6.07) is 4.16. The summed E-state index contributed by atoms with van der Waals surface area (Å²) in [5.41, 5.74) is -0.779. The van der Waals surface area contributed by atoms with E-state index in [1.54, 1.807) is 0 Å². The fraction of sp³-hybridized carbons (Fsp3) is 0.263. The molecule has 2 aromatic rings. The number of ether oxygens (including phenoxy) is 2. The van der Waals surface area contributed by atoms with E-state index in [-0.39, 0.29) is 39.3 Å². The molecule has 0 radical (unpaired) electrons. The lowest BCUT2D eigenvalue weighted by Crippen LogP contribution is -2.10.